The quantitative estimate of drug-likeness (QED) is 0.648. The Bertz CT molecular complexity index is 963. The molecule has 0 aliphatic rings. The Kier molecular flexibility index (Phi) is 6.92. The van der Waals surface area contributed by atoms with Crippen molar-refractivity contribution in [1.82, 2.24) is 10.0 Å². The number of carbonyl (C=O) groups excluding carboxylic acids is 1. The van der Waals surface area contributed by atoms with Crippen molar-refractivity contribution in [3.05, 3.63) is 59.7 Å². The zero-order valence-electron chi connectivity index (χ0n) is 16.4. The molecule has 2 rings (SSSR count). The van der Waals surface area contributed by atoms with Crippen molar-refractivity contribution in [2.24, 2.45) is 0 Å². The summed E-state index contributed by atoms with van der Waals surface area (Å²) < 4.78 is 27.2. The van der Waals surface area contributed by atoms with Gasteiger partial charge in [-0.1, -0.05) is 24.3 Å². The van der Waals surface area contributed by atoms with Gasteiger partial charge in [-0.3, -0.25) is 4.79 Å². The summed E-state index contributed by atoms with van der Waals surface area (Å²) in [6.45, 7) is 7.28. The Hall–Kier alpha value is -2.29. The van der Waals surface area contributed by atoms with Crippen LogP contribution in [-0.4, -0.2) is 25.0 Å². The lowest BCUT2D eigenvalue weighted by atomic mass is 10.1. The summed E-state index contributed by atoms with van der Waals surface area (Å²) in [5.74, 6) is -0.222. The van der Waals surface area contributed by atoms with Gasteiger partial charge in [-0.15, -0.1) is 0 Å². The van der Waals surface area contributed by atoms with E-state index in [-0.39, 0.29) is 22.3 Å². The molecule has 3 N–H and O–H groups in total. The third-order valence-electron chi connectivity index (χ3n) is 3.73. The maximum atomic E-state index is 12.3. The van der Waals surface area contributed by atoms with Gasteiger partial charge in [0.25, 0.3) is 0 Å². The van der Waals surface area contributed by atoms with E-state index in [0.29, 0.717) is 5.69 Å². The second-order valence-corrected chi connectivity index (χ2v) is 9.58. The number of hydrogen-bond donors (Lipinski definition) is 3. The number of aryl methyl sites for hydroxylation is 1. The lowest BCUT2D eigenvalue weighted by Crippen LogP contribution is -2.40. The fraction of sp³-hybridized carbons (Fsp3) is 0.300. The van der Waals surface area contributed by atoms with Crippen molar-refractivity contribution in [3.63, 3.8) is 0 Å². The average Bonchev–Trinajstić information content (AvgIpc) is 2.55. The van der Waals surface area contributed by atoms with E-state index in [0.717, 1.165) is 11.1 Å². The molecule has 6 nitrogen and oxygen atoms in total. The number of hydrogen-bond acceptors (Lipinski definition) is 4. The average molecular weight is 420 g/mol. The van der Waals surface area contributed by atoms with E-state index in [4.69, 9.17) is 12.2 Å². The number of carbonyl (C=O) groups is 1. The van der Waals surface area contributed by atoms with Crippen LogP contribution in [0.3, 0.4) is 0 Å². The molecule has 0 radical (unpaired) electrons. The highest BCUT2D eigenvalue weighted by Gasteiger charge is 2.21. The second kappa shape index (κ2) is 8.81. The van der Waals surface area contributed by atoms with Gasteiger partial charge < -0.3 is 10.6 Å². The zero-order chi connectivity index (χ0) is 20.9. The predicted molar refractivity (Wildman–Crippen MR) is 116 cm³/mol. The maximum Gasteiger partial charge on any atom is 0.241 e. The van der Waals surface area contributed by atoms with Crippen LogP contribution in [0.15, 0.2) is 53.4 Å². The molecule has 0 aliphatic heterocycles. The monoisotopic (exact) mass is 419 g/mol. The van der Waals surface area contributed by atoms with Gasteiger partial charge in [-0.25, -0.2) is 13.1 Å². The molecular formula is C20H25N3O3S2. The number of sulfonamides is 1. The molecule has 0 atom stereocenters. The number of benzene rings is 2. The van der Waals surface area contributed by atoms with Crippen LogP contribution in [0.2, 0.25) is 0 Å². The lowest BCUT2D eigenvalue weighted by molar-refractivity contribution is -0.119. The van der Waals surface area contributed by atoms with Gasteiger partial charge in [0.15, 0.2) is 5.11 Å². The molecule has 2 aromatic rings. The van der Waals surface area contributed by atoms with Crippen LogP contribution in [0.5, 0.6) is 0 Å². The third-order valence-corrected chi connectivity index (χ3v) is 5.71. The van der Waals surface area contributed by atoms with Crippen molar-refractivity contribution in [3.8, 4) is 0 Å². The van der Waals surface area contributed by atoms with Gasteiger partial charge >= 0.3 is 0 Å². The molecule has 150 valence electrons. The number of nitrogens with one attached hydrogen (secondary N) is 3. The molecule has 28 heavy (non-hydrogen) atoms. The molecule has 0 bridgehead atoms. The minimum Gasteiger partial charge on any atom is -0.332 e. The second-order valence-electron chi connectivity index (χ2n) is 7.49. The van der Waals surface area contributed by atoms with Crippen molar-refractivity contribution in [2.75, 3.05) is 5.32 Å². The fourth-order valence-electron chi connectivity index (χ4n) is 2.49. The van der Waals surface area contributed by atoms with E-state index < -0.39 is 15.6 Å². The Morgan fingerprint density at radius 2 is 1.64 bits per heavy atom. The van der Waals surface area contributed by atoms with Gasteiger partial charge in [0.2, 0.25) is 15.9 Å². The van der Waals surface area contributed by atoms with E-state index in [1.54, 1.807) is 32.9 Å². The molecule has 0 heterocycles. The van der Waals surface area contributed by atoms with Crippen LogP contribution in [-0.2, 0) is 21.2 Å². The standard InChI is InChI=1S/C20H25N3O3S2/c1-14-7-5-6-8-15(14)13-18(24)22-19(27)21-16-9-11-17(12-10-16)28(25,26)23-20(2,3)4/h5-12,23H,13H2,1-4H3,(H2,21,22,24,27). The van der Waals surface area contributed by atoms with E-state index in [1.807, 2.05) is 31.2 Å². The van der Waals surface area contributed by atoms with E-state index >= 15 is 0 Å². The Labute approximate surface area is 171 Å². The zero-order valence-corrected chi connectivity index (χ0v) is 18.0. The number of rotatable bonds is 5. The van der Waals surface area contributed by atoms with Crippen LogP contribution in [0, 0.1) is 6.92 Å². The van der Waals surface area contributed by atoms with Gasteiger partial charge in [0.1, 0.15) is 0 Å². The van der Waals surface area contributed by atoms with E-state index in [1.165, 1.54) is 12.1 Å². The third kappa shape index (κ3) is 6.70. The van der Waals surface area contributed by atoms with Gasteiger partial charge in [0, 0.05) is 11.2 Å². The van der Waals surface area contributed by atoms with Crippen molar-refractivity contribution < 1.29 is 13.2 Å². The highest BCUT2D eigenvalue weighted by atomic mass is 32.2. The molecular weight excluding hydrogens is 394 g/mol. The van der Waals surface area contributed by atoms with E-state index in [2.05, 4.69) is 15.4 Å². The summed E-state index contributed by atoms with van der Waals surface area (Å²) in [5, 5.41) is 5.67. The largest absolute Gasteiger partial charge is 0.332 e. The molecule has 0 fully saturated rings. The highest BCUT2D eigenvalue weighted by Crippen LogP contribution is 2.16. The molecule has 8 heteroatoms. The molecule has 0 saturated heterocycles. The Balaban J connectivity index is 1.95. The smallest absolute Gasteiger partial charge is 0.241 e. The summed E-state index contributed by atoms with van der Waals surface area (Å²) in [4.78, 5) is 12.3. The summed E-state index contributed by atoms with van der Waals surface area (Å²) in [6, 6.07) is 13.8. The Morgan fingerprint density at radius 1 is 1.04 bits per heavy atom. The highest BCUT2D eigenvalue weighted by molar-refractivity contribution is 7.89. The molecule has 1 amide bonds. The van der Waals surface area contributed by atoms with Crippen LogP contribution in [0.1, 0.15) is 31.9 Å². The minimum atomic E-state index is -3.60. The van der Waals surface area contributed by atoms with Gasteiger partial charge in [-0.05, 0) is 75.3 Å². The van der Waals surface area contributed by atoms with Crippen molar-refractivity contribution in [2.45, 2.75) is 44.6 Å². The summed E-state index contributed by atoms with van der Waals surface area (Å²) in [6.07, 6.45) is 0.226. The Morgan fingerprint density at radius 3 is 2.21 bits per heavy atom. The first-order valence-corrected chi connectivity index (χ1v) is 10.6. The SMILES string of the molecule is Cc1ccccc1CC(=O)NC(=S)Nc1ccc(S(=O)(=O)NC(C)(C)C)cc1. The van der Waals surface area contributed by atoms with Crippen molar-refractivity contribution >= 4 is 38.9 Å². The maximum absolute atomic E-state index is 12.3. The number of anilines is 1. The fourth-order valence-corrected chi connectivity index (χ4v) is 4.14. The van der Waals surface area contributed by atoms with Crippen LogP contribution >= 0.6 is 12.2 Å². The molecule has 0 unspecified atom stereocenters. The molecule has 2 aromatic carbocycles. The molecule has 0 aliphatic carbocycles. The molecule has 0 aromatic heterocycles. The summed E-state index contributed by atoms with van der Waals surface area (Å²) in [5.41, 5.74) is 1.98. The first kappa shape index (κ1) is 22.0. The minimum absolute atomic E-state index is 0.155. The first-order valence-electron chi connectivity index (χ1n) is 8.76. The van der Waals surface area contributed by atoms with Crippen LogP contribution in [0.4, 0.5) is 5.69 Å². The van der Waals surface area contributed by atoms with Crippen LogP contribution in [0.25, 0.3) is 0 Å². The number of amides is 1. The van der Waals surface area contributed by atoms with Gasteiger partial charge in [-0.2, -0.15) is 0 Å². The molecule has 0 saturated carbocycles. The normalized spacial score (nSPS) is 11.7. The predicted octanol–water partition coefficient (Wildman–Crippen LogP) is 3.13. The number of thiocarbonyl (C=S) groups is 1. The van der Waals surface area contributed by atoms with Gasteiger partial charge in [0.05, 0.1) is 11.3 Å². The van der Waals surface area contributed by atoms with E-state index in [9.17, 15) is 13.2 Å². The van der Waals surface area contributed by atoms with Crippen molar-refractivity contribution in [1.29, 1.82) is 0 Å². The molecule has 0 spiro atoms. The van der Waals surface area contributed by atoms with Crippen LogP contribution < -0.4 is 15.4 Å². The summed E-state index contributed by atoms with van der Waals surface area (Å²) >= 11 is 5.17. The first-order chi connectivity index (χ1) is 13.0. The topological polar surface area (TPSA) is 87.3 Å². The lowest BCUT2D eigenvalue weighted by Gasteiger charge is -2.20. The summed E-state index contributed by atoms with van der Waals surface area (Å²) in [7, 11) is -3.60.